The molecule has 3 heteroatoms. The van der Waals surface area contributed by atoms with Crippen molar-refractivity contribution in [2.24, 2.45) is 5.92 Å². The fourth-order valence-corrected chi connectivity index (χ4v) is 3.41. The maximum Gasteiger partial charge on any atom is 0.230 e. The van der Waals surface area contributed by atoms with E-state index in [0.717, 1.165) is 49.2 Å². The number of alkyl halides is 1. The Hall–Kier alpha value is -0.830. The fraction of sp³-hybridized carbons (Fsp3) is 0.562. The van der Waals surface area contributed by atoms with E-state index in [9.17, 15) is 4.79 Å². The first-order chi connectivity index (χ1) is 9.26. The van der Waals surface area contributed by atoms with Crippen LogP contribution in [0.15, 0.2) is 30.3 Å². The number of piperidine rings is 1. The van der Waals surface area contributed by atoms with E-state index in [4.69, 9.17) is 0 Å². The van der Waals surface area contributed by atoms with E-state index >= 15 is 0 Å². The first kappa shape index (κ1) is 14.6. The third-order valence-electron chi connectivity index (χ3n) is 4.05. The van der Waals surface area contributed by atoms with Gasteiger partial charge in [-0.1, -0.05) is 53.2 Å². The Morgan fingerprint density at radius 2 is 1.95 bits per heavy atom. The van der Waals surface area contributed by atoms with Crippen LogP contribution in [0.2, 0.25) is 0 Å². The Morgan fingerprint density at radius 1 is 1.32 bits per heavy atom. The third kappa shape index (κ3) is 3.59. The number of amides is 1. The molecule has 1 aromatic rings. The molecule has 2 rings (SSSR count). The molecule has 0 N–H and O–H groups in total. The molecule has 0 radical (unpaired) electrons. The molecule has 1 saturated heterocycles. The van der Waals surface area contributed by atoms with Gasteiger partial charge in [-0.15, -0.1) is 0 Å². The van der Waals surface area contributed by atoms with Crippen LogP contribution in [-0.4, -0.2) is 29.2 Å². The van der Waals surface area contributed by atoms with Crippen LogP contribution in [0.3, 0.4) is 0 Å². The van der Waals surface area contributed by atoms with E-state index in [1.807, 2.05) is 18.2 Å². The molecule has 1 aliphatic rings. The Bertz CT molecular complexity index is 398. The number of hydrogen-bond acceptors (Lipinski definition) is 1. The molecule has 0 bridgehead atoms. The lowest BCUT2D eigenvalue weighted by Crippen LogP contribution is -2.41. The van der Waals surface area contributed by atoms with Crippen LogP contribution in [-0.2, 0) is 4.79 Å². The average Bonchev–Trinajstić information content (AvgIpc) is 2.49. The van der Waals surface area contributed by atoms with Gasteiger partial charge in [0.2, 0.25) is 5.91 Å². The molecule has 1 unspecified atom stereocenters. The van der Waals surface area contributed by atoms with Gasteiger partial charge in [-0.2, -0.15) is 0 Å². The summed E-state index contributed by atoms with van der Waals surface area (Å²) in [6, 6.07) is 10.2. The topological polar surface area (TPSA) is 20.3 Å². The van der Waals surface area contributed by atoms with Crippen LogP contribution in [0.5, 0.6) is 0 Å². The number of nitrogens with zero attached hydrogens (tertiary/aromatic N) is 1. The summed E-state index contributed by atoms with van der Waals surface area (Å²) in [5.74, 6) is 1.07. The number of carbonyl (C=O) groups excluding carboxylic acids is 1. The van der Waals surface area contributed by atoms with Crippen molar-refractivity contribution >= 4 is 21.8 Å². The largest absolute Gasteiger partial charge is 0.342 e. The third-order valence-corrected chi connectivity index (χ3v) is 4.97. The second kappa shape index (κ2) is 7.09. The Kier molecular flexibility index (Phi) is 5.44. The van der Waals surface area contributed by atoms with Crippen molar-refractivity contribution in [3.63, 3.8) is 0 Å². The molecule has 1 atom stereocenters. The molecule has 1 aliphatic heterocycles. The molecule has 0 spiro atoms. The van der Waals surface area contributed by atoms with Crippen LogP contribution in [0, 0.1) is 5.92 Å². The molecule has 0 aliphatic carbocycles. The van der Waals surface area contributed by atoms with Crippen molar-refractivity contribution < 1.29 is 4.79 Å². The van der Waals surface area contributed by atoms with E-state index in [2.05, 4.69) is 39.9 Å². The molecule has 0 saturated carbocycles. The van der Waals surface area contributed by atoms with Crippen molar-refractivity contribution in [2.45, 2.75) is 32.1 Å². The maximum atomic E-state index is 12.6. The van der Waals surface area contributed by atoms with E-state index in [0.29, 0.717) is 5.91 Å². The minimum atomic E-state index is 0.0294. The molecular formula is C16H22BrNO. The van der Waals surface area contributed by atoms with Gasteiger partial charge < -0.3 is 4.90 Å². The summed E-state index contributed by atoms with van der Waals surface area (Å²) in [4.78, 5) is 14.7. The van der Waals surface area contributed by atoms with Gasteiger partial charge in [-0.05, 0) is 30.7 Å². The van der Waals surface area contributed by atoms with Gasteiger partial charge in [0.25, 0.3) is 0 Å². The quantitative estimate of drug-likeness (QED) is 0.771. The Balaban J connectivity index is 2.02. The predicted octanol–water partition coefficient (Wildman–Crippen LogP) is 3.81. The fourth-order valence-electron chi connectivity index (χ4n) is 2.77. The highest BCUT2D eigenvalue weighted by Crippen LogP contribution is 2.26. The molecule has 19 heavy (non-hydrogen) atoms. The number of hydrogen-bond donors (Lipinski definition) is 0. The monoisotopic (exact) mass is 323 g/mol. The second-order valence-electron chi connectivity index (χ2n) is 5.29. The SMILES string of the molecule is CCC(C(=O)N1CCC(CBr)CC1)c1ccccc1. The highest BCUT2D eigenvalue weighted by molar-refractivity contribution is 9.09. The molecule has 2 nitrogen and oxygen atoms in total. The lowest BCUT2D eigenvalue weighted by Gasteiger charge is -2.33. The van der Waals surface area contributed by atoms with Gasteiger partial charge in [-0.25, -0.2) is 0 Å². The second-order valence-corrected chi connectivity index (χ2v) is 5.94. The lowest BCUT2D eigenvalue weighted by molar-refractivity contribution is -0.134. The summed E-state index contributed by atoms with van der Waals surface area (Å²) in [5.41, 5.74) is 1.15. The maximum absolute atomic E-state index is 12.6. The van der Waals surface area contributed by atoms with E-state index < -0.39 is 0 Å². The Labute approximate surface area is 124 Å². The summed E-state index contributed by atoms with van der Waals surface area (Å²) in [6.07, 6.45) is 3.13. The molecule has 1 amide bonds. The van der Waals surface area contributed by atoms with Crippen molar-refractivity contribution in [1.29, 1.82) is 0 Å². The van der Waals surface area contributed by atoms with Crippen LogP contribution in [0.25, 0.3) is 0 Å². The normalized spacial score (nSPS) is 18.3. The summed E-state index contributed by atoms with van der Waals surface area (Å²) >= 11 is 3.54. The van der Waals surface area contributed by atoms with Gasteiger partial charge in [0.05, 0.1) is 5.92 Å². The van der Waals surface area contributed by atoms with Gasteiger partial charge in [-0.3, -0.25) is 4.79 Å². The minimum Gasteiger partial charge on any atom is -0.342 e. The summed E-state index contributed by atoms with van der Waals surface area (Å²) in [5, 5.41) is 1.06. The van der Waals surface area contributed by atoms with Gasteiger partial charge in [0.1, 0.15) is 0 Å². The van der Waals surface area contributed by atoms with E-state index in [-0.39, 0.29) is 5.92 Å². The van der Waals surface area contributed by atoms with Gasteiger partial charge in [0.15, 0.2) is 0 Å². The highest BCUT2D eigenvalue weighted by atomic mass is 79.9. The molecule has 104 valence electrons. The summed E-state index contributed by atoms with van der Waals surface area (Å²) in [7, 11) is 0. The molecular weight excluding hydrogens is 302 g/mol. The zero-order valence-corrected chi connectivity index (χ0v) is 13.1. The minimum absolute atomic E-state index is 0.0294. The van der Waals surface area contributed by atoms with Crippen LogP contribution < -0.4 is 0 Å². The highest BCUT2D eigenvalue weighted by Gasteiger charge is 2.27. The average molecular weight is 324 g/mol. The zero-order valence-electron chi connectivity index (χ0n) is 11.5. The van der Waals surface area contributed by atoms with E-state index in [1.165, 1.54) is 0 Å². The smallest absolute Gasteiger partial charge is 0.230 e. The van der Waals surface area contributed by atoms with Crippen LogP contribution in [0.1, 0.15) is 37.7 Å². The zero-order chi connectivity index (χ0) is 13.7. The van der Waals surface area contributed by atoms with Crippen LogP contribution in [0.4, 0.5) is 0 Å². The summed E-state index contributed by atoms with van der Waals surface area (Å²) < 4.78 is 0. The number of carbonyl (C=O) groups is 1. The first-order valence-electron chi connectivity index (χ1n) is 7.16. The Morgan fingerprint density at radius 3 is 2.47 bits per heavy atom. The summed E-state index contributed by atoms with van der Waals surface area (Å²) in [6.45, 7) is 3.93. The molecule has 1 aromatic carbocycles. The van der Waals surface area contributed by atoms with Crippen molar-refractivity contribution in [3.05, 3.63) is 35.9 Å². The molecule has 1 heterocycles. The molecule has 1 fully saturated rings. The van der Waals surface area contributed by atoms with Crippen molar-refractivity contribution in [2.75, 3.05) is 18.4 Å². The van der Waals surface area contributed by atoms with Crippen molar-refractivity contribution in [3.8, 4) is 0 Å². The molecule has 0 aromatic heterocycles. The van der Waals surface area contributed by atoms with Crippen molar-refractivity contribution in [1.82, 2.24) is 4.90 Å². The van der Waals surface area contributed by atoms with Crippen LogP contribution >= 0.6 is 15.9 Å². The standard InChI is InChI=1S/C16H22BrNO/c1-2-15(14-6-4-3-5-7-14)16(19)18-10-8-13(12-17)9-11-18/h3-7,13,15H,2,8-12H2,1H3. The number of rotatable bonds is 4. The van der Waals surface area contributed by atoms with E-state index in [1.54, 1.807) is 0 Å². The number of halogens is 1. The first-order valence-corrected chi connectivity index (χ1v) is 8.28. The number of benzene rings is 1. The number of likely N-dealkylation sites (tertiary alicyclic amines) is 1. The predicted molar refractivity (Wildman–Crippen MR) is 82.6 cm³/mol. The van der Waals surface area contributed by atoms with Gasteiger partial charge in [0, 0.05) is 18.4 Å². The van der Waals surface area contributed by atoms with Gasteiger partial charge >= 0.3 is 0 Å². The lowest BCUT2D eigenvalue weighted by atomic mass is 9.92.